The molecule has 2 aromatic rings. The third-order valence-corrected chi connectivity index (χ3v) is 4.73. The smallest absolute Gasteiger partial charge is 0.165 e. The topological polar surface area (TPSA) is 55.4 Å². The van der Waals surface area contributed by atoms with Gasteiger partial charge in [0.15, 0.2) is 24.1 Å². The van der Waals surface area contributed by atoms with Crippen LogP contribution in [0.1, 0.15) is 12.8 Å². The molecule has 0 unspecified atom stereocenters. The van der Waals surface area contributed by atoms with Gasteiger partial charge >= 0.3 is 0 Å². The average Bonchev–Trinajstić information content (AvgIpc) is 3.44. The van der Waals surface area contributed by atoms with Crippen LogP contribution in [0.3, 0.4) is 0 Å². The molecule has 0 spiro atoms. The maximum atomic E-state index is 14.4. The first-order chi connectivity index (χ1) is 14.3. The van der Waals surface area contributed by atoms with E-state index in [1.807, 2.05) is 30.3 Å². The van der Waals surface area contributed by atoms with Crippen molar-refractivity contribution in [2.24, 2.45) is 0 Å². The molecule has 7 heteroatoms. The second-order valence-corrected chi connectivity index (χ2v) is 6.79. The first-order valence-corrected chi connectivity index (χ1v) is 9.90. The molecule has 0 amide bonds. The minimum Gasteiger partial charge on any atom is -0.493 e. The molecule has 156 valence electrons. The Bertz CT molecular complexity index is 769. The Hall–Kier alpha value is -2.19. The summed E-state index contributed by atoms with van der Waals surface area (Å²) in [5.74, 6) is 0.583. The van der Waals surface area contributed by atoms with Gasteiger partial charge in [0.1, 0.15) is 5.75 Å². The lowest BCUT2D eigenvalue weighted by molar-refractivity contribution is -0.0535. The van der Waals surface area contributed by atoms with Gasteiger partial charge in [0.25, 0.3) is 0 Å². The maximum Gasteiger partial charge on any atom is 0.165 e. The van der Waals surface area contributed by atoms with Crippen LogP contribution in [-0.4, -0.2) is 52.2 Å². The van der Waals surface area contributed by atoms with Gasteiger partial charge in [0, 0.05) is 12.8 Å². The minimum atomic E-state index is -0.396. The molecule has 0 aromatic heterocycles. The number of halogens is 1. The van der Waals surface area contributed by atoms with Gasteiger partial charge in [-0.25, -0.2) is 4.39 Å². The van der Waals surface area contributed by atoms with E-state index in [4.69, 9.17) is 28.4 Å². The Labute approximate surface area is 169 Å². The first-order valence-electron chi connectivity index (χ1n) is 9.90. The van der Waals surface area contributed by atoms with Gasteiger partial charge in [0.2, 0.25) is 0 Å². The molecule has 2 saturated heterocycles. The Balaban J connectivity index is 1.27. The van der Waals surface area contributed by atoms with E-state index in [1.54, 1.807) is 6.07 Å². The van der Waals surface area contributed by atoms with Gasteiger partial charge in [-0.1, -0.05) is 18.2 Å². The normalized spacial score (nSPS) is 17.7. The maximum absolute atomic E-state index is 14.4. The van der Waals surface area contributed by atoms with Gasteiger partial charge in [-0.15, -0.1) is 0 Å². The highest BCUT2D eigenvalue weighted by Gasteiger charge is 2.17. The number of benzene rings is 2. The third kappa shape index (κ3) is 5.67. The molecule has 0 saturated carbocycles. The summed E-state index contributed by atoms with van der Waals surface area (Å²) in [4.78, 5) is 0. The molecule has 0 N–H and O–H groups in total. The monoisotopic (exact) mass is 404 g/mol. The Morgan fingerprint density at radius 3 is 1.86 bits per heavy atom. The molecule has 2 aromatic carbocycles. The van der Waals surface area contributed by atoms with Gasteiger partial charge in [-0.05, 0) is 35.4 Å². The molecule has 2 aliphatic heterocycles. The van der Waals surface area contributed by atoms with Gasteiger partial charge in [0.05, 0.1) is 39.6 Å². The summed E-state index contributed by atoms with van der Waals surface area (Å²) in [7, 11) is 0. The summed E-state index contributed by atoms with van der Waals surface area (Å²) in [6.07, 6.45) is 0.835. The fraction of sp³-hybridized carbons (Fsp3) is 0.455. The zero-order valence-electron chi connectivity index (χ0n) is 16.2. The Morgan fingerprint density at radius 1 is 0.724 bits per heavy atom. The number of ether oxygens (including phenoxy) is 6. The van der Waals surface area contributed by atoms with E-state index in [9.17, 15) is 4.39 Å². The minimum absolute atomic E-state index is 0.170. The summed E-state index contributed by atoms with van der Waals surface area (Å²) in [5.41, 5.74) is 1.68. The Kier molecular flexibility index (Phi) is 6.95. The molecule has 6 nitrogen and oxygen atoms in total. The molecule has 0 bridgehead atoms. The summed E-state index contributed by atoms with van der Waals surface area (Å²) in [5, 5.41) is 0. The van der Waals surface area contributed by atoms with E-state index in [0.717, 1.165) is 16.9 Å². The molecule has 2 aliphatic rings. The first kappa shape index (κ1) is 20.1. The van der Waals surface area contributed by atoms with E-state index in [-0.39, 0.29) is 18.3 Å². The standard InChI is InChI=1S/C22H25FO6/c23-19-15-17(3-6-20(19)25-10-8-22-28-13-14-29-22)16-1-4-18(5-2-16)24-9-7-21-26-11-12-27-21/h1-6,15,21-22H,7-14H2. The highest BCUT2D eigenvalue weighted by Crippen LogP contribution is 2.27. The zero-order valence-corrected chi connectivity index (χ0v) is 16.2. The molecule has 29 heavy (non-hydrogen) atoms. The largest absolute Gasteiger partial charge is 0.493 e. The van der Waals surface area contributed by atoms with Crippen LogP contribution in [0.4, 0.5) is 4.39 Å². The van der Waals surface area contributed by atoms with E-state index in [1.165, 1.54) is 6.07 Å². The van der Waals surface area contributed by atoms with Crippen molar-refractivity contribution in [2.75, 3.05) is 39.6 Å². The van der Waals surface area contributed by atoms with E-state index >= 15 is 0 Å². The Morgan fingerprint density at radius 2 is 1.28 bits per heavy atom. The molecule has 2 fully saturated rings. The third-order valence-electron chi connectivity index (χ3n) is 4.73. The summed E-state index contributed by atoms with van der Waals surface area (Å²) < 4.78 is 47.1. The predicted molar refractivity (Wildman–Crippen MR) is 103 cm³/mol. The van der Waals surface area contributed by atoms with Crippen molar-refractivity contribution in [2.45, 2.75) is 25.4 Å². The van der Waals surface area contributed by atoms with Crippen LogP contribution in [0.5, 0.6) is 11.5 Å². The van der Waals surface area contributed by atoms with Crippen molar-refractivity contribution in [1.82, 2.24) is 0 Å². The number of hydrogen-bond acceptors (Lipinski definition) is 6. The highest BCUT2D eigenvalue weighted by atomic mass is 19.1. The molecule has 4 rings (SSSR count). The summed E-state index contributed by atoms with van der Waals surface area (Å²) >= 11 is 0. The van der Waals surface area contributed by atoms with Crippen LogP contribution >= 0.6 is 0 Å². The summed E-state index contributed by atoms with van der Waals surface area (Å²) in [6.45, 7) is 3.33. The fourth-order valence-corrected chi connectivity index (χ4v) is 3.23. The quantitative estimate of drug-likeness (QED) is 0.634. The molecule has 0 atom stereocenters. The van der Waals surface area contributed by atoms with Crippen molar-refractivity contribution < 1.29 is 32.8 Å². The molecule has 0 radical (unpaired) electrons. The van der Waals surface area contributed by atoms with E-state index < -0.39 is 5.82 Å². The molecule has 2 heterocycles. The SMILES string of the molecule is Fc1cc(-c2ccc(OCCC3OCCO3)cc2)ccc1OCCC1OCCO1. The summed E-state index contributed by atoms with van der Waals surface area (Å²) in [6, 6.07) is 12.5. The molecule has 0 aliphatic carbocycles. The lowest BCUT2D eigenvalue weighted by Crippen LogP contribution is -2.13. The van der Waals surface area contributed by atoms with Crippen LogP contribution in [-0.2, 0) is 18.9 Å². The number of rotatable bonds is 9. The molecular weight excluding hydrogens is 379 g/mol. The van der Waals surface area contributed by atoms with Crippen molar-refractivity contribution in [1.29, 1.82) is 0 Å². The van der Waals surface area contributed by atoms with Gasteiger partial charge in [-0.3, -0.25) is 0 Å². The van der Waals surface area contributed by atoms with Crippen LogP contribution in [0.25, 0.3) is 11.1 Å². The lowest BCUT2D eigenvalue weighted by atomic mass is 10.1. The highest BCUT2D eigenvalue weighted by molar-refractivity contribution is 5.65. The van der Waals surface area contributed by atoms with Gasteiger partial charge < -0.3 is 28.4 Å². The number of hydrogen-bond donors (Lipinski definition) is 0. The lowest BCUT2D eigenvalue weighted by Gasteiger charge is -2.12. The van der Waals surface area contributed by atoms with Crippen molar-refractivity contribution >= 4 is 0 Å². The fourth-order valence-electron chi connectivity index (χ4n) is 3.23. The van der Waals surface area contributed by atoms with E-state index in [0.29, 0.717) is 52.5 Å². The average molecular weight is 404 g/mol. The van der Waals surface area contributed by atoms with Crippen LogP contribution in [0.2, 0.25) is 0 Å². The van der Waals surface area contributed by atoms with Crippen LogP contribution < -0.4 is 9.47 Å². The van der Waals surface area contributed by atoms with Crippen molar-refractivity contribution in [3.63, 3.8) is 0 Å². The molecular formula is C22H25FO6. The second kappa shape index (κ2) is 10.0. The predicted octanol–water partition coefficient (Wildman–Crippen LogP) is 3.78. The second-order valence-electron chi connectivity index (χ2n) is 6.79. The van der Waals surface area contributed by atoms with Crippen LogP contribution in [0.15, 0.2) is 42.5 Å². The van der Waals surface area contributed by atoms with Gasteiger partial charge in [-0.2, -0.15) is 0 Å². The van der Waals surface area contributed by atoms with Crippen molar-refractivity contribution in [3.8, 4) is 22.6 Å². The zero-order chi connectivity index (χ0) is 19.9. The van der Waals surface area contributed by atoms with Crippen LogP contribution in [0, 0.1) is 5.82 Å². The van der Waals surface area contributed by atoms with E-state index in [2.05, 4.69) is 0 Å². The van der Waals surface area contributed by atoms with Crippen molar-refractivity contribution in [3.05, 3.63) is 48.3 Å².